The van der Waals surface area contributed by atoms with Gasteiger partial charge < -0.3 is 10.2 Å². The summed E-state index contributed by atoms with van der Waals surface area (Å²) in [6.07, 6.45) is 0.239. The van der Waals surface area contributed by atoms with E-state index >= 15 is 0 Å². The van der Waals surface area contributed by atoms with E-state index in [1.54, 1.807) is 4.90 Å². The summed E-state index contributed by atoms with van der Waals surface area (Å²) in [4.78, 5) is 27.5. The van der Waals surface area contributed by atoms with Gasteiger partial charge in [-0.15, -0.1) is 10.2 Å². The van der Waals surface area contributed by atoms with Crippen LogP contribution in [0.25, 0.3) is 17.1 Å². The quantitative estimate of drug-likeness (QED) is 0.400. The van der Waals surface area contributed by atoms with Gasteiger partial charge in [0.05, 0.1) is 17.1 Å². The van der Waals surface area contributed by atoms with Crippen LogP contribution < -0.4 is 10.2 Å². The maximum absolute atomic E-state index is 13.5. The molecule has 1 aromatic heterocycles. The number of rotatable bonds is 5. The lowest BCUT2D eigenvalue weighted by Crippen LogP contribution is -2.40. The van der Waals surface area contributed by atoms with Crippen molar-refractivity contribution in [3.63, 3.8) is 0 Å². The highest BCUT2D eigenvalue weighted by Gasteiger charge is 2.30. The number of aryl methyl sites for hydroxylation is 1. The molecular weight excluding hydrogens is 458 g/mol. The molecule has 35 heavy (non-hydrogen) atoms. The highest BCUT2D eigenvalue weighted by Crippen LogP contribution is 2.33. The Bertz CT molecular complexity index is 1370. The summed E-state index contributed by atoms with van der Waals surface area (Å²) < 4.78 is 1.98. The number of benzene rings is 3. The van der Waals surface area contributed by atoms with Gasteiger partial charge in [-0.25, -0.2) is 0 Å². The molecule has 0 spiro atoms. The Morgan fingerprint density at radius 2 is 1.71 bits per heavy atom. The summed E-state index contributed by atoms with van der Waals surface area (Å²) in [7, 11) is 0. The normalized spacial score (nSPS) is 15.3. The fraction of sp³-hybridized carbons (Fsp3) is 0.185. The van der Waals surface area contributed by atoms with Crippen molar-refractivity contribution in [3.8, 4) is 17.1 Å². The third-order valence-corrected chi connectivity index (χ3v) is 6.82. The summed E-state index contributed by atoms with van der Waals surface area (Å²) in [5.74, 6) is 0.685. The average molecular weight is 484 g/mol. The van der Waals surface area contributed by atoms with Crippen LogP contribution in [0.2, 0.25) is 0 Å². The van der Waals surface area contributed by atoms with Crippen molar-refractivity contribution in [2.24, 2.45) is 0 Å². The second-order valence-corrected chi connectivity index (χ2v) is 9.46. The molecule has 5 rings (SSSR count). The largest absolute Gasteiger partial charge is 0.324 e. The van der Waals surface area contributed by atoms with Gasteiger partial charge in [-0.05, 0) is 38.1 Å². The van der Waals surface area contributed by atoms with Gasteiger partial charge in [0.2, 0.25) is 11.8 Å². The lowest BCUT2D eigenvalue weighted by atomic mass is 10.2. The van der Waals surface area contributed by atoms with Crippen molar-refractivity contribution in [1.82, 2.24) is 14.8 Å². The number of aromatic nitrogens is 3. The van der Waals surface area contributed by atoms with Gasteiger partial charge >= 0.3 is 0 Å². The average Bonchev–Trinajstić information content (AvgIpc) is 3.23. The first-order valence-corrected chi connectivity index (χ1v) is 12.4. The molecule has 2 amide bonds. The van der Waals surface area contributed by atoms with Gasteiger partial charge in [0.25, 0.3) is 0 Å². The maximum Gasteiger partial charge on any atom is 0.237 e. The molecule has 1 atom stereocenters. The molecule has 4 aromatic rings. The van der Waals surface area contributed by atoms with Crippen LogP contribution in [-0.2, 0) is 9.59 Å². The standard InChI is InChI=1S/C27H25N5O2S/c1-18-12-14-21(15-13-18)32-26(20-8-4-3-5-9-20)29-30-27(32)35-17-25(34)31-19(2)16-24(33)28-22-10-6-7-11-23(22)31/h3-15,19H,16-17H2,1-2H3,(H,28,33)/t19-/m0/s1. The number of nitrogens with one attached hydrogen (secondary N) is 1. The van der Waals surface area contributed by atoms with E-state index in [2.05, 4.69) is 15.5 Å². The molecule has 0 saturated heterocycles. The van der Waals surface area contributed by atoms with E-state index in [0.717, 1.165) is 16.8 Å². The third kappa shape index (κ3) is 4.70. The van der Waals surface area contributed by atoms with Crippen LogP contribution in [0.15, 0.2) is 84.0 Å². The summed E-state index contributed by atoms with van der Waals surface area (Å²) in [5, 5.41) is 12.4. The predicted molar refractivity (Wildman–Crippen MR) is 139 cm³/mol. The molecule has 176 valence electrons. The topological polar surface area (TPSA) is 80.1 Å². The first kappa shape index (κ1) is 22.9. The zero-order valence-electron chi connectivity index (χ0n) is 19.5. The smallest absolute Gasteiger partial charge is 0.237 e. The number of fused-ring (bicyclic) bond motifs is 1. The number of para-hydroxylation sites is 2. The van der Waals surface area contributed by atoms with E-state index in [9.17, 15) is 9.59 Å². The van der Waals surface area contributed by atoms with Crippen molar-refractivity contribution < 1.29 is 9.59 Å². The van der Waals surface area contributed by atoms with Crippen LogP contribution in [0, 0.1) is 6.92 Å². The number of hydrogen-bond acceptors (Lipinski definition) is 5. The monoisotopic (exact) mass is 483 g/mol. The van der Waals surface area contributed by atoms with Crippen LogP contribution >= 0.6 is 11.8 Å². The van der Waals surface area contributed by atoms with Crippen LogP contribution in [0.3, 0.4) is 0 Å². The van der Waals surface area contributed by atoms with Crippen molar-refractivity contribution >= 4 is 35.0 Å². The minimum atomic E-state index is -0.262. The van der Waals surface area contributed by atoms with E-state index in [0.29, 0.717) is 22.4 Å². The Balaban J connectivity index is 1.46. The highest BCUT2D eigenvalue weighted by atomic mass is 32.2. The third-order valence-electron chi connectivity index (χ3n) is 5.91. The van der Waals surface area contributed by atoms with Gasteiger partial charge in [-0.3, -0.25) is 14.2 Å². The number of carbonyl (C=O) groups is 2. The highest BCUT2D eigenvalue weighted by molar-refractivity contribution is 7.99. The Morgan fingerprint density at radius 1 is 1.00 bits per heavy atom. The molecule has 0 radical (unpaired) electrons. The first-order chi connectivity index (χ1) is 17.0. The Labute approximate surface area is 208 Å². The minimum Gasteiger partial charge on any atom is -0.324 e. The van der Waals surface area contributed by atoms with Crippen LogP contribution in [0.5, 0.6) is 0 Å². The number of anilines is 2. The molecule has 0 unspecified atom stereocenters. The first-order valence-electron chi connectivity index (χ1n) is 11.4. The van der Waals surface area contributed by atoms with Gasteiger partial charge in [-0.2, -0.15) is 0 Å². The summed E-state index contributed by atoms with van der Waals surface area (Å²) in [6, 6.07) is 25.2. The molecule has 0 aliphatic carbocycles. The SMILES string of the molecule is Cc1ccc(-n2c(SCC(=O)N3c4ccccc4NC(=O)C[C@@H]3C)nnc2-c2ccccc2)cc1. The molecule has 3 aromatic carbocycles. The number of thioether (sulfide) groups is 1. The zero-order chi connectivity index (χ0) is 24.4. The Hall–Kier alpha value is -3.91. The predicted octanol–water partition coefficient (Wildman–Crippen LogP) is 5.10. The van der Waals surface area contributed by atoms with E-state index < -0.39 is 0 Å². The molecule has 7 nitrogen and oxygen atoms in total. The fourth-order valence-electron chi connectivity index (χ4n) is 4.23. The Morgan fingerprint density at radius 3 is 2.49 bits per heavy atom. The molecule has 0 bridgehead atoms. The molecular formula is C27H25N5O2S. The Kier molecular flexibility index (Phi) is 6.37. The number of hydrogen-bond donors (Lipinski definition) is 1. The summed E-state index contributed by atoms with van der Waals surface area (Å²) in [5.41, 5.74) is 4.39. The second-order valence-electron chi connectivity index (χ2n) is 8.51. The van der Waals surface area contributed by atoms with E-state index in [4.69, 9.17) is 0 Å². The fourth-order valence-corrected chi connectivity index (χ4v) is 5.04. The summed E-state index contributed by atoms with van der Waals surface area (Å²) in [6.45, 7) is 3.94. The van der Waals surface area contributed by atoms with Gasteiger partial charge in [0.15, 0.2) is 11.0 Å². The lowest BCUT2D eigenvalue weighted by Gasteiger charge is -2.27. The van der Waals surface area contributed by atoms with Crippen LogP contribution in [-0.4, -0.2) is 38.4 Å². The van der Waals surface area contributed by atoms with E-state index in [1.165, 1.54) is 11.8 Å². The van der Waals surface area contributed by atoms with Crippen molar-refractivity contribution in [2.75, 3.05) is 16.0 Å². The van der Waals surface area contributed by atoms with Gasteiger partial charge in [0, 0.05) is 23.7 Å². The van der Waals surface area contributed by atoms with Crippen LogP contribution in [0.1, 0.15) is 18.9 Å². The van der Waals surface area contributed by atoms with Crippen molar-refractivity contribution in [2.45, 2.75) is 31.5 Å². The molecule has 0 fully saturated rings. The van der Waals surface area contributed by atoms with Crippen molar-refractivity contribution in [3.05, 3.63) is 84.4 Å². The van der Waals surface area contributed by atoms with E-state index in [1.807, 2.05) is 97.3 Å². The van der Waals surface area contributed by atoms with E-state index in [-0.39, 0.29) is 30.0 Å². The van der Waals surface area contributed by atoms with Gasteiger partial charge in [-0.1, -0.05) is 71.9 Å². The zero-order valence-corrected chi connectivity index (χ0v) is 20.3. The van der Waals surface area contributed by atoms with Crippen LogP contribution in [0.4, 0.5) is 11.4 Å². The molecule has 2 heterocycles. The maximum atomic E-state index is 13.5. The molecule has 0 saturated carbocycles. The summed E-state index contributed by atoms with van der Waals surface area (Å²) >= 11 is 1.34. The van der Waals surface area contributed by atoms with Crippen molar-refractivity contribution in [1.29, 1.82) is 0 Å². The second kappa shape index (κ2) is 9.76. The molecule has 8 heteroatoms. The number of amides is 2. The molecule has 1 aliphatic heterocycles. The number of carbonyl (C=O) groups excluding carboxylic acids is 2. The number of nitrogens with zero attached hydrogens (tertiary/aromatic N) is 4. The minimum absolute atomic E-state index is 0.0915. The molecule has 1 aliphatic rings. The lowest BCUT2D eigenvalue weighted by molar-refractivity contribution is -0.117. The van der Waals surface area contributed by atoms with Gasteiger partial charge in [0.1, 0.15) is 0 Å². The molecule has 1 N–H and O–H groups in total.